The largest absolute Gasteiger partial charge is 0.0654 e. The van der Waals surface area contributed by atoms with Crippen molar-refractivity contribution < 1.29 is 0 Å². The summed E-state index contributed by atoms with van der Waals surface area (Å²) >= 11 is 0. The first-order valence-electron chi connectivity index (χ1n) is 7.59. The molecule has 0 bridgehead atoms. The summed E-state index contributed by atoms with van der Waals surface area (Å²) in [4.78, 5) is 0. The van der Waals surface area contributed by atoms with Gasteiger partial charge in [-0.3, -0.25) is 0 Å². The Balaban J connectivity index is 2.79. The van der Waals surface area contributed by atoms with E-state index >= 15 is 0 Å². The highest BCUT2D eigenvalue weighted by Crippen LogP contribution is 2.38. The molecule has 0 heterocycles. The summed E-state index contributed by atoms with van der Waals surface area (Å²) in [6.45, 7) is 8.71. The van der Waals surface area contributed by atoms with Crippen molar-refractivity contribution >= 4 is 0 Å². The molecule has 0 spiro atoms. The zero-order valence-electron chi connectivity index (χ0n) is 12.3. The Morgan fingerprint density at radius 3 is 2.22 bits per heavy atom. The van der Waals surface area contributed by atoms with Gasteiger partial charge >= 0.3 is 0 Å². The summed E-state index contributed by atoms with van der Waals surface area (Å²) in [5, 5.41) is 0. The fourth-order valence-corrected chi connectivity index (χ4v) is 3.13. The lowest BCUT2D eigenvalue weighted by molar-refractivity contribution is 0.209. The zero-order chi connectivity index (χ0) is 13.3. The minimum absolute atomic E-state index is 0.494. The highest BCUT2D eigenvalue weighted by atomic mass is 14.3. The molecule has 0 N–H and O–H groups in total. The van der Waals surface area contributed by atoms with E-state index in [1.54, 1.807) is 0 Å². The van der Waals surface area contributed by atoms with Gasteiger partial charge < -0.3 is 0 Å². The van der Waals surface area contributed by atoms with Gasteiger partial charge in [-0.25, -0.2) is 0 Å². The molecular formula is C18H29. The van der Waals surface area contributed by atoms with Gasteiger partial charge in [-0.05, 0) is 36.7 Å². The van der Waals surface area contributed by atoms with Crippen LogP contribution in [0.2, 0.25) is 0 Å². The van der Waals surface area contributed by atoms with Crippen LogP contribution in [0.5, 0.6) is 0 Å². The van der Waals surface area contributed by atoms with Gasteiger partial charge in [-0.15, -0.1) is 0 Å². The van der Waals surface area contributed by atoms with Gasteiger partial charge in [-0.1, -0.05) is 76.8 Å². The van der Waals surface area contributed by atoms with E-state index in [4.69, 9.17) is 0 Å². The lowest BCUT2D eigenvalue weighted by Crippen LogP contribution is -2.23. The molecule has 0 aliphatic rings. The molecule has 0 aromatic heterocycles. The zero-order valence-corrected chi connectivity index (χ0v) is 12.3. The summed E-state index contributed by atoms with van der Waals surface area (Å²) in [6, 6.07) is 11.0. The van der Waals surface area contributed by atoms with Crippen LogP contribution in [0.15, 0.2) is 30.3 Å². The highest BCUT2D eigenvalue weighted by Gasteiger charge is 2.27. The molecule has 0 saturated carbocycles. The van der Waals surface area contributed by atoms with Crippen molar-refractivity contribution in [1.82, 2.24) is 0 Å². The predicted octanol–water partition coefficient (Wildman–Crippen LogP) is 5.82. The van der Waals surface area contributed by atoms with Gasteiger partial charge in [0.15, 0.2) is 0 Å². The minimum Gasteiger partial charge on any atom is -0.0654 e. The number of benzene rings is 1. The van der Waals surface area contributed by atoms with Gasteiger partial charge in [0.1, 0.15) is 0 Å². The third-order valence-electron chi connectivity index (χ3n) is 3.97. The quantitative estimate of drug-likeness (QED) is 0.514. The summed E-state index contributed by atoms with van der Waals surface area (Å²) < 4.78 is 0. The number of hydrogen-bond acceptors (Lipinski definition) is 0. The van der Waals surface area contributed by atoms with E-state index in [9.17, 15) is 0 Å². The molecule has 18 heavy (non-hydrogen) atoms. The number of rotatable bonds is 9. The van der Waals surface area contributed by atoms with Crippen molar-refractivity contribution in [2.24, 2.45) is 5.41 Å². The predicted molar refractivity (Wildman–Crippen MR) is 81.6 cm³/mol. The Labute approximate surface area is 114 Å². The first kappa shape index (κ1) is 15.3. The second-order valence-electron chi connectivity index (χ2n) is 5.62. The average molecular weight is 245 g/mol. The maximum Gasteiger partial charge on any atom is -0.0222 e. The number of unbranched alkanes of at least 4 members (excludes halogenated alkanes) is 1. The Morgan fingerprint density at radius 2 is 1.67 bits per heavy atom. The Bertz CT molecular complexity index is 293. The normalized spacial score (nSPS) is 11.7. The molecular weight excluding hydrogens is 216 g/mol. The fraction of sp³-hybridized carbons (Fsp3) is 0.611. The van der Waals surface area contributed by atoms with E-state index in [-0.39, 0.29) is 0 Å². The first-order valence-corrected chi connectivity index (χ1v) is 7.59. The third kappa shape index (κ3) is 4.84. The van der Waals surface area contributed by atoms with Crippen LogP contribution in [0.3, 0.4) is 0 Å². The van der Waals surface area contributed by atoms with E-state index in [0.29, 0.717) is 5.41 Å². The van der Waals surface area contributed by atoms with E-state index in [1.807, 2.05) is 0 Å². The van der Waals surface area contributed by atoms with Crippen LogP contribution in [0.4, 0.5) is 0 Å². The molecule has 1 radical (unpaired) electrons. The Morgan fingerprint density at radius 1 is 0.944 bits per heavy atom. The molecule has 1 aromatic carbocycles. The molecule has 1 atom stereocenters. The van der Waals surface area contributed by atoms with E-state index < -0.39 is 0 Å². The van der Waals surface area contributed by atoms with Crippen LogP contribution >= 0.6 is 0 Å². The monoisotopic (exact) mass is 245 g/mol. The van der Waals surface area contributed by atoms with Gasteiger partial charge in [0.05, 0.1) is 0 Å². The molecule has 1 unspecified atom stereocenters. The Kier molecular flexibility index (Phi) is 7.08. The molecule has 1 rings (SSSR count). The maximum atomic E-state index is 4.10. The van der Waals surface area contributed by atoms with Crippen LogP contribution < -0.4 is 0 Å². The SMILES string of the molecule is [CH2]CCC(CCC)(CCCC)Cc1ccccc1. The van der Waals surface area contributed by atoms with Crippen molar-refractivity contribution in [2.45, 2.75) is 65.2 Å². The molecule has 0 fully saturated rings. The van der Waals surface area contributed by atoms with E-state index in [2.05, 4.69) is 51.1 Å². The van der Waals surface area contributed by atoms with Gasteiger partial charge in [0.2, 0.25) is 0 Å². The molecule has 0 saturated heterocycles. The second-order valence-corrected chi connectivity index (χ2v) is 5.62. The summed E-state index contributed by atoms with van der Waals surface area (Å²) in [5.74, 6) is 0. The van der Waals surface area contributed by atoms with Crippen LogP contribution in [0, 0.1) is 12.3 Å². The van der Waals surface area contributed by atoms with Crippen molar-refractivity contribution in [2.75, 3.05) is 0 Å². The Hall–Kier alpha value is -0.780. The van der Waals surface area contributed by atoms with Crippen molar-refractivity contribution in [3.63, 3.8) is 0 Å². The average Bonchev–Trinajstić information content (AvgIpc) is 2.38. The summed E-state index contributed by atoms with van der Waals surface area (Å²) in [7, 11) is 0. The van der Waals surface area contributed by atoms with Crippen LogP contribution in [0.25, 0.3) is 0 Å². The topological polar surface area (TPSA) is 0 Å². The molecule has 0 aliphatic heterocycles. The van der Waals surface area contributed by atoms with E-state index in [1.165, 1.54) is 50.5 Å². The van der Waals surface area contributed by atoms with Crippen LogP contribution in [0.1, 0.15) is 64.4 Å². The first-order chi connectivity index (χ1) is 8.76. The second kappa shape index (κ2) is 8.34. The minimum atomic E-state index is 0.494. The standard InChI is InChI=1S/C18H29/c1-4-7-15-18(13-5-2,14-6-3)16-17-11-9-8-10-12-17/h8-12H,2,4-7,13-16H2,1,3H3. The lowest BCUT2D eigenvalue weighted by atomic mass is 9.71. The van der Waals surface area contributed by atoms with Gasteiger partial charge in [0, 0.05) is 0 Å². The molecule has 101 valence electrons. The maximum absolute atomic E-state index is 4.10. The highest BCUT2D eigenvalue weighted by molar-refractivity contribution is 5.16. The number of hydrogen-bond donors (Lipinski definition) is 0. The summed E-state index contributed by atoms with van der Waals surface area (Å²) in [5.41, 5.74) is 1.99. The molecule has 1 aromatic rings. The van der Waals surface area contributed by atoms with Gasteiger partial charge in [-0.2, -0.15) is 0 Å². The van der Waals surface area contributed by atoms with Crippen molar-refractivity contribution in [1.29, 1.82) is 0 Å². The third-order valence-corrected chi connectivity index (χ3v) is 3.97. The molecule has 0 aliphatic carbocycles. The molecule has 0 heteroatoms. The molecule has 0 nitrogen and oxygen atoms in total. The smallest absolute Gasteiger partial charge is 0.0222 e. The van der Waals surface area contributed by atoms with Gasteiger partial charge in [0.25, 0.3) is 0 Å². The van der Waals surface area contributed by atoms with Crippen LogP contribution in [-0.4, -0.2) is 0 Å². The fourth-order valence-electron chi connectivity index (χ4n) is 3.13. The van der Waals surface area contributed by atoms with E-state index in [0.717, 1.165) is 6.42 Å². The van der Waals surface area contributed by atoms with Crippen molar-refractivity contribution in [3.05, 3.63) is 42.8 Å². The summed E-state index contributed by atoms with van der Waals surface area (Å²) in [6.07, 6.45) is 10.2. The molecule has 0 amide bonds. The van der Waals surface area contributed by atoms with Crippen LogP contribution in [-0.2, 0) is 6.42 Å². The van der Waals surface area contributed by atoms with Crippen molar-refractivity contribution in [3.8, 4) is 0 Å². The lowest BCUT2D eigenvalue weighted by Gasteiger charge is -2.34.